The van der Waals surface area contributed by atoms with E-state index in [2.05, 4.69) is 17.2 Å². The highest BCUT2D eigenvalue weighted by Crippen LogP contribution is 2.13. The van der Waals surface area contributed by atoms with Gasteiger partial charge < -0.3 is 14.5 Å². The quantitative estimate of drug-likeness (QED) is 0.759. The Hall–Kier alpha value is -2.82. The molecule has 0 spiro atoms. The van der Waals surface area contributed by atoms with Gasteiger partial charge in [-0.3, -0.25) is 4.79 Å². The number of pyridine rings is 1. The van der Waals surface area contributed by atoms with Gasteiger partial charge in [-0.05, 0) is 48.7 Å². The number of aryl methyl sites for hydroxylation is 2. The van der Waals surface area contributed by atoms with E-state index >= 15 is 0 Å². The highest BCUT2D eigenvalue weighted by Gasteiger charge is 2.06. The Kier molecular flexibility index (Phi) is 4.79. The molecule has 0 aliphatic heterocycles. The van der Waals surface area contributed by atoms with Gasteiger partial charge >= 0.3 is 0 Å². The van der Waals surface area contributed by atoms with Crippen molar-refractivity contribution >= 4 is 11.6 Å². The minimum Gasteiger partial charge on any atom is -0.484 e. The summed E-state index contributed by atoms with van der Waals surface area (Å²) in [5.41, 5.74) is 4.05. The Balaban J connectivity index is 1.52. The summed E-state index contributed by atoms with van der Waals surface area (Å²) >= 11 is 0. The van der Waals surface area contributed by atoms with Crippen LogP contribution in [-0.2, 0) is 17.8 Å². The molecule has 1 aromatic carbocycles. The summed E-state index contributed by atoms with van der Waals surface area (Å²) in [6.07, 6.45) is 4.82. The van der Waals surface area contributed by atoms with Crippen molar-refractivity contribution in [1.82, 2.24) is 14.7 Å². The molecule has 5 nitrogen and oxygen atoms in total. The van der Waals surface area contributed by atoms with Crippen molar-refractivity contribution in [3.05, 3.63) is 65.6 Å². The molecule has 1 N–H and O–H groups in total. The molecule has 0 atom stereocenters. The lowest BCUT2D eigenvalue weighted by molar-refractivity contribution is -0.123. The Morgan fingerprint density at radius 2 is 2.17 bits per heavy atom. The topological polar surface area (TPSA) is 55.6 Å². The van der Waals surface area contributed by atoms with Crippen molar-refractivity contribution in [2.45, 2.75) is 26.8 Å². The molecule has 0 unspecified atom stereocenters. The zero-order valence-corrected chi connectivity index (χ0v) is 14.0. The van der Waals surface area contributed by atoms with E-state index in [-0.39, 0.29) is 12.5 Å². The molecule has 0 radical (unpaired) electrons. The number of aromatic nitrogens is 2. The van der Waals surface area contributed by atoms with Gasteiger partial charge in [-0.2, -0.15) is 0 Å². The molecule has 24 heavy (non-hydrogen) atoms. The molecule has 0 aliphatic carbocycles. The van der Waals surface area contributed by atoms with E-state index in [0.29, 0.717) is 12.3 Å². The van der Waals surface area contributed by atoms with Crippen LogP contribution in [0.4, 0.5) is 0 Å². The van der Waals surface area contributed by atoms with Crippen molar-refractivity contribution in [3.8, 4) is 5.75 Å². The number of carbonyl (C=O) groups is 1. The van der Waals surface area contributed by atoms with E-state index in [0.717, 1.165) is 23.3 Å². The second kappa shape index (κ2) is 7.17. The predicted molar refractivity (Wildman–Crippen MR) is 93.1 cm³/mol. The third kappa shape index (κ3) is 3.93. The third-order valence-corrected chi connectivity index (χ3v) is 3.81. The minimum absolute atomic E-state index is 0.000350. The number of amides is 1. The maximum Gasteiger partial charge on any atom is 0.258 e. The molecule has 2 heterocycles. The van der Waals surface area contributed by atoms with Gasteiger partial charge in [0, 0.05) is 12.4 Å². The smallest absolute Gasteiger partial charge is 0.258 e. The Labute approximate surface area is 141 Å². The van der Waals surface area contributed by atoms with Crippen LogP contribution in [0.2, 0.25) is 0 Å². The Bertz CT molecular complexity index is 855. The summed E-state index contributed by atoms with van der Waals surface area (Å²) in [4.78, 5) is 16.4. The van der Waals surface area contributed by atoms with E-state index in [9.17, 15) is 4.79 Å². The molecule has 0 bridgehead atoms. The monoisotopic (exact) mass is 323 g/mol. The SMILES string of the molecule is CCc1cccc(OCC(=O)NCc2cn3ccc(C)cc3n2)c1. The fraction of sp³-hybridized carbons (Fsp3) is 0.263. The molecule has 1 amide bonds. The van der Waals surface area contributed by atoms with Crippen LogP contribution in [0.1, 0.15) is 23.7 Å². The largest absolute Gasteiger partial charge is 0.484 e. The molecule has 3 aromatic rings. The van der Waals surface area contributed by atoms with Gasteiger partial charge in [0.25, 0.3) is 5.91 Å². The number of fused-ring (bicyclic) bond motifs is 1. The molecular formula is C19H21N3O2. The number of hydrogen-bond acceptors (Lipinski definition) is 3. The Morgan fingerprint density at radius 1 is 1.29 bits per heavy atom. The van der Waals surface area contributed by atoms with E-state index in [1.165, 1.54) is 5.56 Å². The number of imidazole rings is 1. The first-order valence-corrected chi connectivity index (χ1v) is 8.06. The molecule has 124 valence electrons. The maximum absolute atomic E-state index is 11.9. The maximum atomic E-state index is 11.9. The molecule has 0 saturated carbocycles. The van der Waals surface area contributed by atoms with Gasteiger partial charge in [0.05, 0.1) is 12.2 Å². The summed E-state index contributed by atoms with van der Waals surface area (Å²) < 4.78 is 7.48. The van der Waals surface area contributed by atoms with E-state index in [1.807, 2.05) is 60.1 Å². The molecule has 2 aromatic heterocycles. The van der Waals surface area contributed by atoms with Crippen LogP contribution in [0.5, 0.6) is 5.75 Å². The average Bonchev–Trinajstić information content (AvgIpc) is 3.00. The second-order valence-electron chi connectivity index (χ2n) is 5.77. The lowest BCUT2D eigenvalue weighted by Gasteiger charge is -2.07. The lowest BCUT2D eigenvalue weighted by atomic mass is 10.2. The van der Waals surface area contributed by atoms with Crippen molar-refractivity contribution in [2.24, 2.45) is 0 Å². The van der Waals surface area contributed by atoms with Crippen LogP contribution >= 0.6 is 0 Å². The van der Waals surface area contributed by atoms with Crippen molar-refractivity contribution in [3.63, 3.8) is 0 Å². The molecule has 3 rings (SSSR count). The van der Waals surface area contributed by atoms with Crippen molar-refractivity contribution in [1.29, 1.82) is 0 Å². The zero-order valence-electron chi connectivity index (χ0n) is 14.0. The van der Waals surface area contributed by atoms with Gasteiger partial charge in [0.2, 0.25) is 0 Å². The van der Waals surface area contributed by atoms with Crippen molar-refractivity contribution in [2.75, 3.05) is 6.61 Å². The van der Waals surface area contributed by atoms with Crippen LogP contribution < -0.4 is 10.1 Å². The van der Waals surface area contributed by atoms with Gasteiger partial charge in [-0.1, -0.05) is 19.1 Å². The molecule has 5 heteroatoms. The van der Waals surface area contributed by atoms with Crippen LogP contribution in [0.25, 0.3) is 5.65 Å². The standard InChI is InChI=1S/C19H21N3O2/c1-3-15-5-4-6-17(10-15)24-13-19(23)20-11-16-12-22-8-7-14(2)9-18(22)21-16/h4-10,12H,3,11,13H2,1-2H3,(H,20,23). The summed E-state index contributed by atoms with van der Waals surface area (Å²) in [7, 11) is 0. The number of benzene rings is 1. The molecule has 0 fully saturated rings. The summed E-state index contributed by atoms with van der Waals surface area (Å²) in [5, 5.41) is 2.83. The van der Waals surface area contributed by atoms with Gasteiger partial charge in [0.1, 0.15) is 11.4 Å². The molecule has 0 saturated heterocycles. The number of hydrogen-bond donors (Lipinski definition) is 1. The fourth-order valence-electron chi connectivity index (χ4n) is 2.47. The highest BCUT2D eigenvalue weighted by molar-refractivity contribution is 5.77. The first-order chi connectivity index (χ1) is 11.6. The average molecular weight is 323 g/mol. The van der Waals surface area contributed by atoms with E-state index < -0.39 is 0 Å². The van der Waals surface area contributed by atoms with Crippen molar-refractivity contribution < 1.29 is 9.53 Å². The zero-order chi connectivity index (χ0) is 16.9. The van der Waals surface area contributed by atoms with Gasteiger partial charge in [-0.15, -0.1) is 0 Å². The van der Waals surface area contributed by atoms with Gasteiger partial charge in [-0.25, -0.2) is 4.98 Å². The van der Waals surface area contributed by atoms with Crippen LogP contribution in [0.3, 0.4) is 0 Å². The predicted octanol–water partition coefficient (Wildman–Crippen LogP) is 2.90. The summed E-state index contributed by atoms with van der Waals surface area (Å²) in [6, 6.07) is 11.8. The number of nitrogens with one attached hydrogen (secondary N) is 1. The lowest BCUT2D eigenvalue weighted by Crippen LogP contribution is -2.28. The Morgan fingerprint density at radius 3 is 3.00 bits per heavy atom. The van der Waals surface area contributed by atoms with E-state index in [4.69, 9.17) is 4.74 Å². The van der Waals surface area contributed by atoms with Gasteiger partial charge in [0.15, 0.2) is 6.61 Å². The summed E-state index contributed by atoms with van der Waals surface area (Å²) in [6.45, 7) is 4.50. The molecule has 0 aliphatic rings. The molecular weight excluding hydrogens is 302 g/mol. The van der Waals surface area contributed by atoms with E-state index in [1.54, 1.807) is 0 Å². The van der Waals surface area contributed by atoms with Crippen LogP contribution in [0.15, 0.2) is 48.8 Å². The fourth-order valence-corrected chi connectivity index (χ4v) is 2.47. The number of nitrogens with zero attached hydrogens (tertiary/aromatic N) is 2. The minimum atomic E-state index is -0.162. The first-order valence-electron chi connectivity index (χ1n) is 8.06. The number of carbonyl (C=O) groups excluding carboxylic acids is 1. The van der Waals surface area contributed by atoms with Crippen LogP contribution in [-0.4, -0.2) is 21.9 Å². The summed E-state index contributed by atoms with van der Waals surface area (Å²) in [5.74, 6) is 0.554. The van der Waals surface area contributed by atoms with Crippen LogP contribution in [0, 0.1) is 6.92 Å². The third-order valence-electron chi connectivity index (χ3n) is 3.81. The number of rotatable bonds is 6. The highest BCUT2D eigenvalue weighted by atomic mass is 16.5. The normalized spacial score (nSPS) is 10.8. The second-order valence-corrected chi connectivity index (χ2v) is 5.77. The first kappa shape index (κ1) is 16.1. The number of ether oxygens (including phenoxy) is 1.